The van der Waals surface area contributed by atoms with E-state index in [2.05, 4.69) is 31.4 Å². The monoisotopic (exact) mass is 461 g/mol. The van der Waals surface area contributed by atoms with Crippen molar-refractivity contribution in [2.45, 2.75) is 25.6 Å². The van der Waals surface area contributed by atoms with Crippen LogP contribution >= 0.6 is 27.7 Å². The number of anilines is 1. The van der Waals surface area contributed by atoms with E-state index >= 15 is 0 Å². The molecular weight excluding hydrogens is 442 g/mol. The van der Waals surface area contributed by atoms with Crippen LogP contribution in [0.2, 0.25) is 0 Å². The minimum absolute atomic E-state index is 0.149. The second kappa shape index (κ2) is 9.11. The van der Waals surface area contributed by atoms with Gasteiger partial charge in [0.1, 0.15) is 12.4 Å². The number of ether oxygens (including phenoxy) is 1. The molecule has 3 aromatic rings. The molecule has 2 aromatic carbocycles. The first-order chi connectivity index (χ1) is 13.4. The Morgan fingerprint density at radius 2 is 1.86 bits per heavy atom. The molecular formula is C19H20BrN5O2S. The third-order valence-electron chi connectivity index (χ3n) is 3.95. The molecule has 0 aliphatic carbocycles. The summed E-state index contributed by atoms with van der Waals surface area (Å²) in [5.74, 6) is 7.37. The molecule has 28 heavy (non-hydrogen) atoms. The van der Waals surface area contributed by atoms with Crippen molar-refractivity contribution in [1.29, 1.82) is 0 Å². The minimum atomic E-state index is -0.149. The summed E-state index contributed by atoms with van der Waals surface area (Å²) in [4.78, 5) is 12.1. The van der Waals surface area contributed by atoms with Crippen molar-refractivity contribution in [3.05, 3.63) is 63.9 Å². The quantitative estimate of drug-likeness (QED) is 0.411. The van der Waals surface area contributed by atoms with E-state index < -0.39 is 0 Å². The minimum Gasteiger partial charge on any atom is -0.485 e. The number of hydrogen-bond donors (Lipinski definition) is 2. The Morgan fingerprint density at radius 1 is 1.18 bits per heavy atom. The molecule has 1 amide bonds. The smallest absolute Gasteiger partial charge is 0.234 e. The van der Waals surface area contributed by atoms with Gasteiger partial charge in [0.2, 0.25) is 11.1 Å². The first kappa shape index (κ1) is 20.2. The van der Waals surface area contributed by atoms with Crippen molar-refractivity contribution < 1.29 is 9.53 Å². The van der Waals surface area contributed by atoms with Gasteiger partial charge in [0.15, 0.2) is 5.82 Å². The van der Waals surface area contributed by atoms with Crippen molar-refractivity contribution in [3.63, 3.8) is 0 Å². The molecule has 1 heterocycles. The lowest BCUT2D eigenvalue weighted by Crippen LogP contribution is -2.18. The lowest BCUT2D eigenvalue weighted by Gasteiger charge is -2.11. The summed E-state index contributed by atoms with van der Waals surface area (Å²) < 4.78 is 8.17. The van der Waals surface area contributed by atoms with Gasteiger partial charge in [-0.25, -0.2) is 4.68 Å². The third-order valence-corrected chi connectivity index (χ3v) is 5.42. The number of carbonyl (C=O) groups excluding carboxylic acids is 1. The summed E-state index contributed by atoms with van der Waals surface area (Å²) in [7, 11) is 0. The molecule has 0 saturated heterocycles. The summed E-state index contributed by atoms with van der Waals surface area (Å²) in [6.07, 6.45) is 0. The van der Waals surface area contributed by atoms with Gasteiger partial charge in [-0.05, 0) is 49.2 Å². The number of hydrogen-bond acceptors (Lipinski definition) is 6. The van der Waals surface area contributed by atoms with Crippen LogP contribution in [0.5, 0.6) is 5.75 Å². The van der Waals surface area contributed by atoms with Gasteiger partial charge >= 0.3 is 0 Å². The van der Waals surface area contributed by atoms with Crippen molar-refractivity contribution in [1.82, 2.24) is 14.9 Å². The highest BCUT2D eigenvalue weighted by atomic mass is 79.9. The van der Waals surface area contributed by atoms with Crippen LogP contribution in [0, 0.1) is 13.8 Å². The Labute approximate surface area is 175 Å². The van der Waals surface area contributed by atoms with Crippen LogP contribution in [0.4, 0.5) is 5.69 Å². The van der Waals surface area contributed by atoms with Gasteiger partial charge in [-0.1, -0.05) is 45.9 Å². The highest BCUT2D eigenvalue weighted by Crippen LogP contribution is 2.24. The highest BCUT2D eigenvalue weighted by Gasteiger charge is 2.14. The summed E-state index contributed by atoms with van der Waals surface area (Å²) in [5.41, 5.74) is 2.82. The summed E-state index contributed by atoms with van der Waals surface area (Å²) >= 11 is 4.57. The standard InChI is InChI=1S/C19H20BrN5O2S/c1-12-4-3-5-13(2)18(12)27-10-16-23-24-19(25(16)21)28-11-17(26)22-15-8-6-14(20)7-9-15/h3-9H,10-11,21H2,1-2H3,(H,22,26). The number of nitrogens with one attached hydrogen (secondary N) is 1. The number of nitrogens with zero attached hydrogens (tertiary/aromatic N) is 3. The van der Waals surface area contributed by atoms with E-state index in [1.165, 1.54) is 16.4 Å². The van der Waals surface area contributed by atoms with Gasteiger partial charge in [-0.15, -0.1) is 10.2 Å². The van der Waals surface area contributed by atoms with Crippen LogP contribution < -0.4 is 15.9 Å². The van der Waals surface area contributed by atoms with Crippen LogP contribution in [-0.2, 0) is 11.4 Å². The molecule has 1 aromatic heterocycles. The average molecular weight is 462 g/mol. The van der Waals surface area contributed by atoms with E-state index in [0.29, 0.717) is 11.0 Å². The van der Waals surface area contributed by atoms with Crippen LogP contribution in [0.15, 0.2) is 52.1 Å². The lowest BCUT2D eigenvalue weighted by atomic mass is 10.1. The number of rotatable bonds is 7. The number of nitrogen functional groups attached to an aromatic ring is 1. The van der Waals surface area contributed by atoms with Crippen molar-refractivity contribution in [3.8, 4) is 5.75 Å². The molecule has 0 bridgehead atoms. The van der Waals surface area contributed by atoms with E-state index in [1.54, 1.807) is 0 Å². The molecule has 0 fully saturated rings. The van der Waals surface area contributed by atoms with Gasteiger partial charge in [-0.3, -0.25) is 4.79 Å². The lowest BCUT2D eigenvalue weighted by molar-refractivity contribution is -0.113. The van der Waals surface area contributed by atoms with Crippen molar-refractivity contribution >= 4 is 39.3 Å². The fourth-order valence-corrected chi connectivity index (χ4v) is 3.47. The number of para-hydroxylation sites is 1. The Hall–Kier alpha value is -2.52. The SMILES string of the molecule is Cc1cccc(C)c1OCc1nnc(SCC(=O)Nc2ccc(Br)cc2)n1N. The molecule has 0 saturated carbocycles. The maximum Gasteiger partial charge on any atom is 0.234 e. The Bertz CT molecular complexity index is 955. The first-order valence-electron chi connectivity index (χ1n) is 8.50. The van der Waals surface area contributed by atoms with E-state index in [-0.39, 0.29) is 18.3 Å². The average Bonchev–Trinajstić information content (AvgIpc) is 3.01. The largest absolute Gasteiger partial charge is 0.485 e. The fraction of sp³-hybridized carbons (Fsp3) is 0.211. The predicted molar refractivity (Wildman–Crippen MR) is 114 cm³/mol. The van der Waals surface area contributed by atoms with E-state index in [0.717, 1.165) is 27.0 Å². The normalized spacial score (nSPS) is 10.7. The number of halogens is 1. The van der Waals surface area contributed by atoms with Crippen LogP contribution in [0.25, 0.3) is 0 Å². The number of amides is 1. The highest BCUT2D eigenvalue weighted by molar-refractivity contribution is 9.10. The number of benzene rings is 2. The molecule has 7 nitrogen and oxygen atoms in total. The molecule has 0 aliphatic heterocycles. The number of aromatic nitrogens is 3. The molecule has 9 heteroatoms. The molecule has 0 radical (unpaired) electrons. The Morgan fingerprint density at radius 3 is 2.54 bits per heavy atom. The van der Waals surface area contributed by atoms with Crippen molar-refractivity contribution in [2.75, 3.05) is 16.9 Å². The van der Waals surface area contributed by atoms with Crippen LogP contribution in [0.3, 0.4) is 0 Å². The molecule has 0 atom stereocenters. The molecule has 3 N–H and O–H groups in total. The van der Waals surface area contributed by atoms with Gasteiger partial charge in [0, 0.05) is 10.2 Å². The number of thioether (sulfide) groups is 1. The third kappa shape index (κ3) is 5.05. The topological polar surface area (TPSA) is 95.1 Å². The zero-order valence-electron chi connectivity index (χ0n) is 15.5. The van der Waals surface area contributed by atoms with Gasteiger partial charge < -0.3 is 15.9 Å². The van der Waals surface area contributed by atoms with E-state index in [1.807, 2.05) is 56.3 Å². The molecule has 146 valence electrons. The van der Waals surface area contributed by atoms with E-state index in [9.17, 15) is 4.79 Å². The van der Waals surface area contributed by atoms with Gasteiger partial charge in [0.25, 0.3) is 0 Å². The molecule has 0 aliphatic rings. The van der Waals surface area contributed by atoms with Crippen molar-refractivity contribution in [2.24, 2.45) is 0 Å². The summed E-state index contributed by atoms with van der Waals surface area (Å²) in [6.45, 7) is 4.17. The molecule has 3 rings (SSSR count). The maximum atomic E-state index is 12.1. The zero-order valence-corrected chi connectivity index (χ0v) is 17.9. The zero-order chi connectivity index (χ0) is 20.1. The van der Waals surface area contributed by atoms with Gasteiger partial charge in [0.05, 0.1) is 5.75 Å². The second-order valence-corrected chi connectivity index (χ2v) is 7.98. The molecule has 0 unspecified atom stereocenters. The number of aryl methyl sites for hydroxylation is 2. The second-order valence-electron chi connectivity index (χ2n) is 6.12. The Kier molecular flexibility index (Phi) is 6.58. The van der Waals surface area contributed by atoms with Crippen LogP contribution in [-0.4, -0.2) is 26.5 Å². The Balaban J connectivity index is 1.55. The van der Waals surface area contributed by atoms with E-state index in [4.69, 9.17) is 10.6 Å². The number of nitrogens with two attached hydrogens (primary N) is 1. The van der Waals surface area contributed by atoms with Gasteiger partial charge in [-0.2, -0.15) is 0 Å². The summed E-state index contributed by atoms with van der Waals surface area (Å²) in [6, 6.07) is 13.3. The van der Waals surface area contributed by atoms with Crippen LogP contribution in [0.1, 0.15) is 17.0 Å². The fourth-order valence-electron chi connectivity index (χ4n) is 2.53. The predicted octanol–water partition coefficient (Wildman–Crippen LogP) is 3.68. The first-order valence-corrected chi connectivity index (χ1v) is 10.3. The summed E-state index contributed by atoms with van der Waals surface area (Å²) in [5, 5.41) is 11.4. The maximum absolute atomic E-state index is 12.1. The number of carbonyl (C=O) groups is 1. The molecule has 0 spiro atoms.